The molecular formula is C17H21NO3. The van der Waals surface area contributed by atoms with Crippen LogP contribution in [0.4, 0.5) is 5.69 Å². The number of benzene rings is 2. The number of hydrogen-bond donors (Lipinski definition) is 3. The van der Waals surface area contributed by atoms with Crippen molar-refractivity contribution in [2.75, 3.05) is 11.9 Å². The Bertz CT molecular complexity index is 637. The Morgan fingerprint density at radius 2 is 1.81 bits per heavy atom. The van der Waals surface area contributed by atoms with Crippen molar-refractivity contribution in [2.45, 2.75) is 26.3 Å². The first-order valence-corrected chi connectivity index (χ1v) is 7.17. The molecule has 2 rings (SSSR count). The number of nitrogens with one attached hydrogen (secondary N) is 1. The Labute approximate surface area is 124 Å². The maximum atomic E-state index is 11.3. The fraction of sp³-hybridized carbons (Fsp3) is 0.353. The highest BCUT2D eigenvalue weighted by molar-refractivity contribution is 6.07. The van der Waals surface area contributed by atoms with Crippen molar-refractivity contribution in [3.63, 3.8) is 0 Å². The highest BCUT2D eigenvalue weighted by Crippen LogP contribution is 2.28. The second-order valence-corrected chi connectivity index (χ2v) is 5.52. The van der Waals surface area contributed by atoms with Gasteiger partial charge in [-0.05, 0) is 29.9 Å². The van der Waals surface area contributed by atoms with Gasteiger partial charge in [-0.2, -0.15) is 0 Å². The van der Waals surface area contributed by atoms with E-state index in [0.29, 0.717) is 17.9 Å². The molecule has 0 radical (unpaired) electrons. The Hall–Kier alpha value is -2.07. The summed E-state index contributed by atoms with van der Waals surface area (Å²) in [6, 6.07) is 11.1. The van der Waals surface area contributed by atoms with Crippen LogP contribution in [0.2, 0.25) is 0 Å². The fourth-order valence-electron chi connectivity index (χ4n) is 2.52. The molecule has 0 fully saturated rings. The number of fused-ring (bicyclic) bond motifs is 1. The lowest BCUT2D eigenvalue weighted by molar-refractivity contribution is 0.0699. The van der Waals surface area contributed by atoms with E-state index >= 15 is 0 Å². The van der Waals surface area contributed by atoms with Gasteiger partial charge in [0.05, 0.1) is 5.56 Å². The summed E-state index contributed by atoms with van der Waals surface area (Å²) in [6.45, 7) is 4.32. The zero-order valence-electron chi connectivity index (χ0n) is 12.3. The van der Waals surface area contributed by atoms with Crippen LogP contribution in [0, 0.1) is 5.92 Å². The summed E-state index contributed by atoms with van der Waals surface area (Å²) in [7, 11) is 0. The standard InChI is InChI=1S/C17H21NO3/c1-11(2)15(9-10-19)18-16-8-7-14(17(20)21)12-5-3-4-6-13(12)16/h3-8,11,15,18-19H,9-10H2,1-2H3,(H,20,21). The average molecular weight is 287 g/mol. The van der Waals surface area contributed by atoms with E-state index in [1.807, 2.05) is 24.3 Å². The van der Waals surface area contributed by atoms with E-state index in [4.69, 9.17) is 0 Å². The third kappa shape index (κ3) is 3.34. The van der Waals surface area contributed by atoms with Gasteiger partial charge in [0.1, 0.15) is 0 Å². The van der Waals surface area contributed by atoms with Crippen LogP contribution in [0.3, 0.4) is 0 Å². The van der Waals surface area contributed by atoms with Crippen LogP contribution < -0.4 is 5.32 Å². The normalized spacial score (nSPS) is 12.6. The van der Waals surface area contributed by atoms with Gasteiger partial charge in [0.25, 0.3) is 0 Å². The first-order valence-electron chi connectivity index (χ1n) is 7.17. The molecule has 1 unspecified atom stereocenters. The summed E-state index contributed by atoms with van der Waals surface area (Å²) >= 11 is 0. The minimum Gasteiger partial charge on any atom is -0.478 e. The molecule has 0 saturated heterocycles. The van der Waals surface area contributed by atoms with Gasteiger partial charge in [-0.25, -0.2) is 4.79 Å². The molecule has 1 atom stereocenters. The Balaban J connectivity index is 2.46. The number of anilines is 1. The first-order chi connectivity index (χ1) is 10.0. The summed E-state index contributed by atoms with van der Waals surface area (Å²) in [5, 5.41) is 23.5. The third-order valence-corrected chi connectivity index (χ3v) is 3.74. The van der Waals surface area contributed by atoms with E-state index in [9.17, 15) is 15.0 Å². The summed E-state index contributed by atoms with van der Waals surface area (Å²) in [5.41, 5.74) is 1.21. The highest BCUT2D eigenvalue weighted by atomic mass is 16.4. The molecule has 0 aliphatic carbocycles. The molecule has 0 heterocycles. The molecule has 4 heteroatoms. The Kier molecular flexibility index (Phi) is 4.81. The van der Waals surface area contributed by atoms with Gasteiger partial charge in [0.15, 0.2) is 0 Å². The zero-order valence-corrected chi connectivity index (χ0v) is 12.3. The number of carboxylic acid groups (broad SMARTS) is 1. The minimum absolute atomic E-state index is 0.126. The predicted octanol–water partition coefficient (Wildman–Crippen LogP) is 3.36. The molecule has 0 bridgehead atoms. The number of carboxylic acids is 1. The van der Waals surface area contributed by atoms with Crippen LogP contribution in [0.15, 0.2) is 36.4 Å². The van der Waals surface area contributed by atoms with Gasteiger partial charge in [-0.15, -0.1) is 0 Å². The second-order valence-electron chi connectivity index (χ2n) is 5.52. The molecule has 0 amide bonds. The van der Waals surface area contributed by atoms with Gasteiger partial charge in [0.2, 0.25) is 0 Å². The smallest absolute Gasteiger partial charge is 0.336 e. The zero-order chi connectivity index (χ0) is 15.4. The van der Waals surface area contributed by atoms with Crippen molar-refractivity contribution in [3.8, 4) is 0 Å². The molecule has 112 valence electrons. The Morgan fingerprint density at radius 3 is 2.38 bits per heavy atom. The predicted molar refractivity (Wildman–Crippen MR) is 84.9 cm³/mol. The fourth-order valence-corrected chi connectivity index (χ4v) is 2.52. The van der Waals surface area contributed by atoms with Crippen molar-refractivity contribution >= 4 is 22.4 Å². The van der Waals surface area contributed by atoms with E-state index < -0.39 is 5.97 Å². The van der Waals surface area contributed by atoms with Crippen molar-refractivity contribution in [2.24, 2.45) is 5.92 Å². The number of carbonyl (C=O) groups is 1. The maximum absolute atomic E-state index is 11.3. The second kappa shape index (κ2) is 6.59. The lowest BCUT2D eigenvalue weighted by Crippen LogP contribution is -2.26. The third-order valence-electron chi connectivity index (χ3n) is 3.74. The topological polar surface area (TPSA) is 69.6 Å². The van der Waals surface area contributed by atoms with E-state index in [1.54, 1.807) is 12.1 Å². The van der Waals surface area contributed by atoms with Gasteiger partial charge in [0, 0.05) is 23.7 Å². The number of aliphatic hydroxyl groups excluding tert-OH is 1. The number of rotatable bonds is 6. The SMILES string of the molecule is CC(C)C(CCO)Nc1ccc(C(=O)O)c2ccccc12. The van der Waals surface area contributed by atoms with E-state index in [1.165, 1.54) is 0 Å². The van der Waals surface area contributed by atoms with Crippen LogP contribution in [0.1, 0.15) is 30.6 Å². The molecular weight excluding hydrogens is 266 g/mol. The molecule has 0 saturated carbocycles. The van der Waals surface area contributed by atoms with Crippen molar-refractivity contribution in [1.29, 1.82) is 0 Å². The molecule has 4 nitrogen and oxygen atoms in total. The van der Waals surface area contributed by atoms with E-state index in [2.05, 4.69) is 19.2 Å². The van der Waals surface area contributed by atoms with Gasteiger partial charge in [-0.1, -0.05) is 38.1 Å². The van der Waals surface area contributed by atoms with Gasteiger partial charge < -0.3 is 15.5 Å². The van der Waals surface area contributed by atoms with Crippen LogP contribution >= 0.6 is 0 Å². The molecule has 2 aromatic carbocycles. The summed E-state index contributed by atoms with van der Waals surface area (Å²) < 4.78 is 0. The largest absolute Gasteiger partial charge is 0.478 e. The highest BCUT2D eigenvalue weighted by Gasteiger charge is 2.16. The maximum Gasteiger partial charge on any atom is 0.336 e. The molecule has 21 heavy (non-hydrogen) atoms. The Morgan fingerprint density at radius 1 is 1.14 bits per heavy atom. The number of hydrogen-bond acceptors (Lipinski definition) is 3. The van der Waals surface area contributed by atoms with Gasteiger partial charge >= 0.3 is 5.97 Å². The van der Waals surface area contributed by atoms with E-state index in [-0.39, 0.29) is 12.6 Å². The van der Waals surface area contributed by atoms with Crippen molar-refractivity contribution in [1.82, 2.24) is 0 Å². The van der Waals surface area contributed by atoms with Crippen LogP contribution in [-0.4, -0.2) is 28.8 Å². The van der Waals surface area contributed by atoms with Crippen LogP contribution in [0.5, 0.6) is 0 Å². The van der Waals surface area contributed by atoms with Crippen molar-refractivity contribution < 1.29 is 15.0 Å². The van der Waals surface area contributed by atoms with E-state index in [0.717, 1.165) is 16.5 Å². The molecule has 0 aliphatic rings. The number of aromatic carboxylic acids is 1. The molecule has 0 aliphatic heterocycles. The van der Waals surface area contributed by atoms with Crippen molar-refractivity contribution in [3.05, 3.63) is 42.0 Å². The molecule has 3 N–H and O–H groups in total. The summed E-state index contributed by atoms with van der Waals surface area (Å²) in [5.74, 6) is -0.552. The lowest BCUT2D eigenvalue weighted by Gasteiger charge is -2.24. The first kappa shape index (κ1) is 15.3. The molecule has 0 aromatic heterocycles. The molecule has 2 aromatic rings. The monoisotopic (exact) mass is 287 g/mol. The molecule has 0 spiro atoms. The minimum atomic E-state index is -0.923. The van der Waals surface area contributed by atoms with Crippen LogP contribution in [-0.2, 0) is 0 Å². The quantitative estimate of drug-likeness (QED) is 0.762. The number of aliphatic hydroxyl groups is 1. The summed E-state index contributed by atoms with van der Waals surface area (Å²) in [6.07, 6.45) is 0.659. The summed E-state index contributed by atoms with van der Waals surface area (Å²) in [4.78, 5) is 11.3. The average Bonchev–Trinajstić information content (AvgIpc) is 2.46. The van der Waals surface area contributed by atoms with Crippen LogP contribution in [0.25, 0.3) is 10.8 Å². The van der Waals surface area contributed by atoms with Gasteiger partial charge in [-0.3, -0.25) is 0 Å². The lowest BCUT2D eigenvalue weighted by atomic mass is 9.98.